The summed E-state index contributed by atoms with van der Waals surface area (Å²) >= 11 is 1.87. The topological polar surface area (TPSA) is 146 Å². The van der Waals surface area contributed by atoms with Gasteiger partial charge in [-0.05, 0) is 54.4 Å². The van der Waals surface area contributed by atoms with Crippen LogP contribution in [0.2, 0.25) is 0 Å². The molecule has 3 unspecified atom stereocenters. The van der Waals surface area contributed by atoms with E-state index in [0.717, 1.165) is 47.3 Å². The molecule has 5 N–H and O–H groups in total. The first kappa shape index (κ1) is 29.8. The van der Waals surface area contributed by atoms with Crippen LogP contribution < -0.4 is 21.3 Å². The van der Waals surface area contributed by atoms with Gasteiger partial charge < -0.3 is 31.1 Å². The molecule has 4 amide bonds. The van der Waals surface area contributed by atoms with Crippen molar-refractivity contribution in [2.24, 2.45) is 0 Å². The number of fused-ring (bicyclic) bond motifs is 4. The molecule has 2 saturated heterocycles. The molecule has 2 aliphatic heterocycles. The average molecular weight is 595 g/mol. The fraction of sp³-hybridized carbons (Fsp3) is 0.484. The largest absolute Gasteiger partial charge is 0.480 e. The highest BCUT2D eigenvalue weighted by molar-refractivity contribution is 8.00. The van der Waals surface area contributed by atoms with Crippen molar-refractivity contribution in [1.82, 2.24) is 21.3 Å². The summed E-state index contributed by atoms with van der Waals surface area (Å²) in [5.41, 5.74) is 4.42. The fourth-order valence-electron chi connectivity index (χ4n) is 6.10. The number of aliphatic carboxylic acids is 1. The molecule has 2 heterocycles. The number of ether oxygens (including phenoxy) is 1. The first-order valence-electron chi connectivity index (χ1n) is 14.7. The lowest BCUT2D eigenvalue weighted by atomic mass is 9.98. The lowest BCUT2D eigenvalue weighted by molar-refractivity contribution is -0.139. The van der Waals surface area contributed by atoms with Gasteiger partial charge in [-0.15, -0.1) is 0 Å². The average Bonchev–Trinajstić information content (AvgIpc) is 3.64. The maximum Gasteiger partial charge on any atom is 0.407 e. The Balaban J connectivity index is 0.954. The summed E-state index contributed by atoms with van der Waals surface area (Å²) in [4.78, 5) is 48.0. The van der Waals surface area contributed by atoms with Crippen LogP contribution in [-0.2, 0) is 14.3 Å². The molecule has 0 radical (unpaired) electrons. The van der Waals surface area contributed by atoms with E-state index in [1.165, 1.54) is 0 Å². The third-order valence-electron chi connectivity index (χ3n) is 8.26. The minimum absolute atomic E-state index is 0.0191. The summed E-state index contributed by atoms with van der Waals surface area (Å²) in [6.07, 6.45) is 3.74. The summed E-state index contributed by atoms with van der Waals surface area (Å²) in [5, 5.41) is 21.3. The van der Waals surface area contributed by atoms with E-state index in [4.69, 9.17) is 4.74 Å². The van der Waals surface area contributed by atoms with Crippen molar-refractivity contribution in [3.8, 4) is 11.1 Å². The summed E-state index contributed by atoms with van der Waals surface area (Å²) < 4.78 is 5.49. The van der Waals surface area contributed by atoms with Crippen LogP contribution in [0, 0.1) is 0 Å². The molecule has 224 valence electrons. The molecule has 1 aliphatic carbocycles. The number of hydrogen-bond acceptors (Lipinski definition) is 6. The quantitative estimate of drug-likeness (QED) is 0.164. The molecule has 2 aromatic rings. The van der Waals surface area contributed by atoms with E-state index in [0.29, 0.717) is 31.1 Å². The Kier molecular flexibility index (Phi) is 9.89. The van der Waals surface area contributed by atoms with Gasteiger partial charge in [0.2, 0.25) is 5.91 Å². The van der Waals surface area contributed by atoms with Gasteiger partial charge >= 0.3 is 18.1 Å². The number of hydrogen-bond donors (Lipinski definition) is 5. The number of alkyl carbamates (subject to hydrolysis) is 1. The second-order valence-corrected chi connectivity index (χ2v) is 12.3. The molecule has 0 bridgehead atoms. The van der Waals surface area contributed by atoms with Gasteiger partial charge in [-0.1, -0.05) is 55.0 Å². The third kappa shape index (κ3) is 7.18. The normalized spacial score (nSPS) is 21.0. The van der Waals surface area contributed by atoms with E-state index >= 15 is 0 Å². The Morgan fingerprint density at radius 3 is 2.40 bits per heavy atom. The molecule has 5 rings (SSSR count). The van der Waals surface area contributed by atoms with Crippen LogP contribution in [0.5, 0.6) is 0 Å². The number of carbonyl (C=O) groups is 4. The summed E-state index contributed by atoms with van der Waals surface area (Å²) in [5.74, 6) is -0.309. The van der Waals surface area contributed by atoms with Gasteiger partial charge in [-0.2, -0.15) is 11.8 Å². The number of nitrogens with one attached hydrogen (secondary N) is 4. The highest BCUT2D eigenvalue weighted by atomic mass is 32.2. The SMILES string of the molecule is O=C(CCCCC1SCC2NC(=O)NC21)NCCCC[C@H](NC(=O)OCC1c2ccccc2-c2ccccc21)C(=O)O. The van der Waals surface area contributed by atoms with Crippen LogP contribution >= 0.6 is 11.8 Å². The first-order valence-corrected chi connectivity index (χ1v) is 15.7. The van der Waals surface area contributed by atoms with Crippen LogP contribution in [0.1, 0.15) is 62.0 Å². The van der Waals surface area contributed by atoms with E-state index in [9.17, 15) is 24.3 Å². The number of urea groups is 1. The van der Waals surface area contributed by atoms with E-state index in [2.05, 4.69) is 33.4 Å². The predicted molar refractivity (Wildman–Crippen MR) is 160 cm³/mol. The van der Waals surface area contributed by atoms with Gasteiger partial charge in [0.25, 0.3) is 0 Å². The summed E-state index contributed by atoms with van der Waals surface area (Å²) in [7, 11) is 0. The van der Waals surface area contributed by atoms with Crippen LogP contribution in [-0.4, -0.2) is 71.4 Å². The maximum atomic E-state index is 12.5. The zero-order chi connectivity index (χ0) is 29.5. The van der Waals surface area contributed by atoms with Crippen molar-refractivity contribution in [3.05, 3.63) is 59.7 Å². The maximum absolute atomic E-state index is 12.5. The van der Waals surface area contributed by atoms with Crippen molar-refractivity contribution < 1.29 is 29.0 Å². The molecule has 2 fully saturated rings. The van der Waals surface area contributed by atoms with Gasteiger partial charge in [-0.25, -0.2) is 14.4 Å². The minimum Gasteiger partial charge on any atom is -0.480 e. The minimum atomic E-state index is -1.12. The lowest BCUT2D eigenvalue weighted by Crippen LogP contribution is -2.41. The Hall–Kier alpha value is -3.73. The number of rotatable bonds is 14. The molecule has 0 saturated carbocycles. The monoisotopic (exact) mass is 594 g/mol. The number of carboxylic acids is 1. The van der Waals surface area contributed by atoms with Crippen molar-refractivity contribution >= 4 is 35.8 Å². The van der Waals surface area contributed by atoms with Gasteiger partial charge in [0, 0.05) is 29.9 Å². The number of carbonyl (C=O) groups excluding carboxylic acids is 3. The van der Waals surface area contributed by atoms with Gasteiger partial charge in [0.05, 0.1) is 12.1 Å². The van der Waals surface area contributed by atoms with Crippen LogP contribution in [0.3, 0.4) is 0 Å². The fourth-order valence-corrected chi connectivity index (χ4v) is 7.65. The molecule has 3 aliphatic rings. The Labute approximate surface area is 249 Å². The van der Waals surface area contributed by atoms with Crippen LogP contribution in [0.25, 0.3) is 11.1 Å². The number of benzene rings is 2. The van der Waals surface area contributed by atoms with Crippen LogP contribution in [0.4, 0.5) is 9.59 Å². The first-order chi connectivity index (χ1) is 20.4. The van der Waals surface area contributed by atoms with E-state index in [1.807, 2.05) is 48.2 Å². The zero-order valence-electron chi connectivity index (χ0n) is 23.5. The molecule has 10 nitrogen and oxygen atoms in total. The summed E-state index contributed by atoms with van der Waals surface area (Å²) in [6.45, 7) is 0.572. The van der Waals surface area contributed by atoms with E-state index in [1.54, 1.807) is 0 Å². The Bertz CT molecular complexity index is 1260. The predicted octanol–water partition coefficient (Wildman–Crippen LogP) is 3.99. The van der Waals surface area contributed by atoms with Crippen molar-refractivity contribution in [1.29, 1.82) is 0 Å². The van der Waals surface area contributed by atoms with Crippen molar-refractivity contribution in [2.75, 3.05) is 18.9 Å². The molecule has 2 aromatic carbocycles. The Morgan fingerprint density at radius 2 is 1.69 bits per heavy atom. The molecular weight excluding hydrogens is 556 g/mol. The van der Waals surface area contributed by atoms with Gasteiger partial charge in [0.1, 0.15) is 12.6 Å². The molecule has 0 aromatic heterocycles. The molecule has 4 atom stereocenters. The second-order valence-electron chi connectivity index (χ2n) is 11.1. The smallest absolute Gasteiger partial charge is 0.407 e. The molecule has 0 spiro atoms. The third-order valence-corrected chi connectivity index (χ3v) is 9.76. The second kappa shape index (κ2) is 14.0. The number of thioether (sulfide) groups is 1. The standard InChI is InChI=1S/C31H38N4O6S/c36-27(15-6-5-14-26-28-25(18-42-26)33-30(39)35-28)32-16-8-7-13-24(29(37)38)34-31(40)41-17-23-21-11-3-1-9-19(21)20-10-2-4-12-22(20)23/h1-4,9-12,23-26,28H,5-8,13-18H2,(H,32,36)(H,34,40)(H,37,38)(H2,33,35,39)/t24-,25?,26?,28?/m0/s1. The summed E-state index contributed by atoms with van der Waals surface area (Å²) in [6, 6.07) is 15.3. The zero-order valence-corrected chi connectivity index (χ0v) is 24.3. The molecular formula is C31H38N4O6S. The van der Waals surface area contributed by atoms with Crippen molar-refractivity contribution in [2.45, 2.75) is 74.2 Å². The highest BCUT2D eigenvalue weighted by Crippen LogP contribution is 2.44. The number of carboxylic acid groups (broad SMARTS) is 1. The highest BCUT2D eigenvalue weighted by Gasteiger charge is 2.42. The molecule has 42 heavy (non-hydrogen) atoms. The van der Waals surface area contributed by atoms with Gasteiger partial charge in [-0.3, -0.25) is 4.79 Å². The van der Waals surface area contributed by atoms with E-state index in [-0.39, 0.29) is 43.0 Å². The van der Waals surface area contributed by atoms with Crippen LogP contribution in [0.15, 0.2) is 48.5 Å². The van der Waals surface area contributed by atoms with Crippen molar-refractivity contribution in [3.63, 3.8) is 0 Å². The van der Waals surface area contributed by atoms with Gasteiger partial charge in [0.15, 0.2) is 0 Å². The van der Waals surface area contributed by atoms with E-state index < -0.39 is 18.1 Å². The number of unbranched alkanes of at least 4 members (excludes halogenated alkanes) is 2. The molecule has 11 heteroatoms. The Morgan fingerprint density at radius 1 is 0.976 bits per heavy atom. The lowest BCUT2D eigenvalue weighted by Gasteiger charge is -2.17. The number of amides is 4.